The van der Waals surface area contributed by atoms with E-state index < -0.39 is 12.0 Å². The van der Waals surface area contributed by atoms with E-state index in [1.54, 1.807) is 63.9 Å². The number of hydrogen-bond donors (Lipinski definition) is 2. The number of hydrogen-bond acceptors (Lipinski definition) is 9. The number of carbonyl (C=O) groups is 1. The summed E-state index contributed by atoms with van der Waals surface area (Å²) in [6.07, 6.45) is 7.64. The molecule has 3 aromatic heterocycles. The number of rotatable bonds is 11. The summed E-state index contributed by atoms with van der Waals surface area (Å²) in [4.78, 5) is 21.8. The molecule has 204 valence electrons. The lowest BCUT2D eigenvalue weighted by Gasteiger charge is -2.24. The third-order valence-corrected chi connectivity index (χ3v) is 6.51. The molecule has 1 unspecified atom stereocenters. The van der Waals surface area contributed by atoms with Crippen LogP contribution in [0.4, 0.5) is 5.82 Å². The van der Waals surface area contributed by atoms with Gasteiger partial charge in [-0.05, 0) is 49.9 Å². The molecule has 3 heterocycles. The first-order chi connectivity index (χ1) is 18.9. The summed E-state index contributed by atoms with van der Waals surface area (Å²) >= 11 is 0. The van der Waals surface area contributed by atoms with Crippen LogP contribution in [0.3, 0.4) is 0 Å². The molecule has 39 heavy (non-hydrogen) atoms. The number of benzene rings is 1. The second-order valence-electron chi connectivity index (χ2n) is 9.49. The van der Waals surface area contributed by atoms with Crippen LogP contribution in [0.25, 0.3) is 10.9 Å². The van der Waals surface area contributed by atoms with Crippen molar-refractivity contribution in [1.82, 2.24) is 19.7 Å². The highest BCUT2D eigenvalue weighted by atomic mass is 16.5. The van der Waals surface area contributed by atoms with Gasteiger partial charge in [-0.3, -0.25) is 14.5 Å². The Morgan fingerprint density at radius 2 is 1.90 bits per heavy atom. The number of nitrogens with zero attached hydrogens (tertiary/aromatic N) is 4. The van der Waals surface area contributed by atoms with Crippen LogP contribution in [0, 0.1) is 5.92 Å². The molecule has 1 aliphatic rings. The Balaban J connectivity index is 1.30. The lowest BCUT2D eigenvalue weighted by atomic mass is 9.86. The molecule has 5 rings (SSSR count). The van der Waals surface area contributed by atoms with Crippen LogP contribution in [-0.2, 0) is 6.54 Å². The van der Waals surface area contributed by atoms with Crippen LogP contribution in [0.1, 0.15) is 36.7 Å². The molecule has 1 aliphatic carbocycles. The second kappa shape index (κ2) is 11.6. The molecule has 2 N–H and O–H groups in total. The lowest BCUT2D eigenvalue weighted by Crippen LogP contribution is -2.20. The molecule has 11 heteroatoms. The highest BCUT2D eigenvalue weighted by Crippen LogP contribution is 2.37. The van der Waals surface area contributed by atoms with Crippen molar-refractivity contribution in [1.29, 1.82) is 0 Å². The van der Waals surface area contributed by atoms with Gasteiger partial charge in [-0.2, -0.15) is 5.10 Å². The number of aliphatic hydroxyl groups excluding tert-OH is 1. The highest BCUT2D eigenvalue weighted by molar-refractivity contribution is 6.04. The highest BCUT2D eigenvalue weighted by Gasteiger charge is 2.23. The molecule has 0 aliphatic heterocycles. The third-order valence-electron chi connectivity index (χ3n) is 6.51. The number of aromatic nitrogens is 4. The van der Waals surface area contributed by atoms with Gasteiger partial charge >= 0.3 is 0 Å². The van der Waals surface area contributed by atoms with Crippen molar-refractivity contribution in [2.75, 3.05) is 26.1 Å². The topological polar surface area (TPSA) is 130 Å². The smallest absolute Gasteiger partial charge is 0.281 e. The van der Waals surface area contributed by atoms with Gasteiger partial charge in [0.25, 0.3) is 5.91 Å². The maximum atomic E-state index is 13.1. The number of pyridine rings is 2. The zero-order chi connectivity index (χ0) is 27.4. The van der Waals surface area contributed by atoms with E-state index in [4.69, 9.17) is 18.9 Å². The Morgan fingerprint density at radius 3 is 2.56 bits per heavy atom. The summed E-state index contributed by atoms with van der Waals surface area (Å²) in [6, 6.07) is 8.68. The number of fused-ring (bicyclic) bond motifs is 1. The maximum absolute atomic E-state index is 13.1. The van der Waals surface area contributed by atoms with Gasteiger partial charge in [0.15, 0.2) is 22.9 Å². The second-order valence-corrected chi connectivity index (χ2v) is 9.49. The molecule has 0 spiro atoms. The Morgan fingerprint density at radius 1 is 1.10 bits per heavy atom. The molecular weight excluding hydrogens is 502 g/mol. The Labute approximate surface area is 225 Å². The minimum atomic E-state index is -0.616. The predicted molar refractivity (Wildman–Crippen MR) is 144 cm³/mol. The van der Waals surface area contributed by atoms with E-state index in [9.17, 15) is 9.90 Å². The van der Waals surface area contributed by atoms with Crippen molar-refractivity contribution in [3.63, 3.8) is 0 Å². The summed E-state index contributed by atoms with van der Waals surface area (Å²) in [5, 5.41) is 17.6. The van der Waals surface area contributed by atoms with E-state index in [0.29, 0.717) is 52.6 Å². The van der Waals surface area contributed by atoms with E-state index in [1.165, 1.54) is 17.3 Å². The molecule has 11 nitrogen and oxygen atoms in total. The average molecular weight is 534 g/mol. The van der Waals surface area contributed by atoms with Gasteiger partial charge in [-0.25, -0.2) is 4.98 Å². The van der Waals surface area contributed by atoms with Gasteiger partial charge in [0.2, 0.25) is 0 Å². The van der Waals surface area contributed by atoms with Gasteiger partial charge in [0, 0.05) is 17.6 Å². The summed E-state index contributed by atoms with van der Waals surface area (Å²) < 4.78 is 24.3. The summed E-state index contributed by atoms with van der Waals surface area (Å²) in [5.41, 5.74) is 0.831. The van der Waals surface area contributed by atoms with Crippen molar-refractivity contribution in [3.8, 4) is 28.7 Å². The van der Waals surface area contributed by atoms with Gasteiger partial charge in [-0.15, -0.1) is 0 Å². The van der Waals surface area contributed by atoms with Crippen molar-refractivity contribution in [2.45, 2.75) is 38.8 Å². The minimum absolute atomic E-state index is 0.143. The fraction of sp³-hybridized carbons (Fsp3) is 0.357. The Bertz CT molecular complexity index is 1450. The molecule has 0 saturated heterocycles. The predicted octanol–water partition coefficient (Wildman–Crippen LogP) is 4.45. The van der Waals surface area contributed by atoms with Gasteiger partial charge in [-0.1, -0.05) is 6.42 Å². The van der Waals surface area contributed by atoms with E-state index in [1.807, 2.05) is 0 Å². The zero-order valence-electron chi connectivity index (χ0n) is 22.1. The summed E-state index contributed by atoms with van der Waals surface area (Å²) in [5.74, 6) is 2.93. The average Bonchev–Trinajstić information content (AvgIpc) is 3.30. The SMILES string of the molecule is COc1cc2nccc(Oc3ccc(NC(=O)c4nn(CC(C)O)cc4OCC4CCC4)nc3)c2cc1OC. The molecule has 1 atom stereocenters. The van der Waals surface area contributed by atoms with Crippen molar-refractivity contribution >= 4 is 22.6 Å². The van der Waals surface area contributed by atoms with E-state index >= 15 is 0 Å². The van der Waals surface area contributed by atoms with Crippen LogP contribution in [0.5, 0.6) is 28.7 Å². The number of carbonyl (C=O) groups excluding carboxylic acids is 1. The molecule has 1 fully saturated rings. The molecule has 0 bridgehead atoms. The lowest BCUT2D eigenvalue weighted by molar-refractivity contribution is 0.101. The normalized spacial score (nSPS) is 13.9. The molecule has 1 aromatic carbocycles. The van der Waals surface area contributed by atoms with E-state index in [-0.39, 0.29) is 12.2 Å². The number of aliphatic hydroxyl groups is 1. The van der Waals surface area contributed by atoms with Crippen LogP contribution < -0.4 is 24.3 Å². The van der Waals surface area contributed by atoms with Gasteiger partial charge < -0.3 is 29.4 Å². The quantitative estimate of drug-likeness (QED) is 0.287. The third kappa shape index (κ3) is 6.04. The fourth-order valence-electron chi connectivity index (χ4n) is 4.25. The van der Waals surface area contributed by atoms with Crippen LogP contribution in [0.15, 0.2) is 48.9 Å². The number of methoxy groups -OCH3 is 2. The number of amides is 1. The van der Waals surface area contributed by atoms with Crippen molar-refractivity contribution in [2.24, 2.45) is 5.92 Å². The molecule has 0 radical (unpaired) electrons. The summed E-state index contributed by atoms with van der Waals surface area (Å²) in [6.45, 7) is 2.44. The van der Waals surface area contributed by atoms with Crippen LogP contribution in [0.2, 0.25) is 0 Å². The van der Waals surface area contributed by atoms with Crippen LogP contribution >= 0.6 is 0 Å². The van der Waals surface area contributed by atoms with Crippen molar-refractivity contribution in [3.05, 3.63) is 54.6 Å². The molecular formula is C28H31N5O6. The van der Waals surface area contributed by atoms with E-state index in [0.717, 1.165) is 18.2 Å². The Kier molecular flexibility index (Phi) is 7.78. The van der Waals surface area contributed by atoms with E-state index in [2.05, 4.69) is 20.4 Å². The monoisotopic (exact) mass is 533 g/mol. The van der Waals surface area contributed by atoms with Gasteiger partial charge in [0.05, 0.1) is 51.4 Å². The molecule has 1 amide bonds. The number of nitrogens with one attached hydrogen (secondary N) is 1. The Hall–Kier alpha value is -4.38. The molecule has 1 saturated carbocycles. The summed E-state index contributed by atoms with van der Waals surface area (Å²) in [7, 11) is 3.14. The number of ether oxygens (including phenoxy) is 4. The zero-order valence-corrected chi connectivity index (χ0v) is 22.1. The fourth-order valence-corrected chi connectivity index (χ4v) is 4.25. The maximum Gasteiger partial charge on any atom is 0.281 e. The standard InChI is InChI=1S/C28H31N5O6/c1-17(34)14-33-15-25(38-16-18-5-4-6-18)27(32-33)28(35)31-26-8-7-19(13-30-26)39-22-9-10-29-21-12-24(37-3)23(36-2)11-20(21)22/h7-13,15,17-18,34H,4-6,14,16H2,1-3H3,(H,30,31,35). The largest absolute Gasteiger partial charge is 0.493 e. The van der Waals surface area contributed by atoms with Crippen LogP contribution in [-0.4, -0.2) is 57.7 Å². The number of anilines is 1. The molecule has 4 aromatic rings. The minimum Gasteiger partial charge on any atom is -0.493 e. The first kappa shape index (κ1) is 26.2. The first-order valence-corrected chi connectivity index (χ1v) is 12.8. The van der Waals surface area contributed by atoms with Gasteiger partial charge in [0.1, 0.15) is 17.3 Å². The van der Waals surface area contributed by atoms with Crippen molar-refractivity contribution < 1.29 is 28.8 Å². The first-order valence-electron chi connectivity index (χ1n) is 12.8.